The quantitative estimate of drug-likeness (QED) is 0.156. The third kappa shape index (κ3) is 8.13. The molecule has 2 amide bonds. The van der Waals surface area contributed by atoms with Gasteiger partial charge >= 0.3 is 5.97 Å². The van der Waals surface area contributed by atoms with Crippen molar-refractivity contribution in [1.82, 2.24) is 0 Å². The van der Waals surface area contributed by atoms with Gasteiger partial charge in [0.25, 0.3) is 11.8 Å². The van der Waals surface area contributed by atoms with E-state index in [1.165, 1.54) is 55.7 Å². The zero-order chi connectivity index (χ0) is 29.2. The van der Waals surface area contributed by atoms with Gasteiger partial charge in [0.15, 0.2) is 18.1 Å². The number of halogens is 3. The molecule has 3 rings (SSSR count). The number of benzene rings is 3. The van der Waals surface area contributed by atoms with Crippen LogP contribution < -0.4 is 20.1 Å². The van der Waals surface area contributed by atoms with E-state index in [1.54, 1.807) is 19.1 Å². The van der Waals surface area contributed by atoms with Crippen molar-refractivity contribution in [2.75, 3.05) is 31.0 Å². The lowest BCUT2D eigenvalue weighted by Gasteiger charge is -2.15. The second kappa shape index (κ2) is 14.2. The number of hydrogen-bond donors (Lipinski definition) is 2. The van der Waals surface area contributed by atoms with Crippen molar-refractivity contribution >= 4 is 70.0 Å². The molecule has 0 heterocycles. The van der Waals surface area contributed by atoms with Crippen LogP contribution in [0, 0.1) is 11.3 Å². The van der Waals surface area contributed by atoms with Crippen LogP contribution in [0.5, 0.6) is 11.5 Å². The zero-order valence-corrected chi connectivity index (χ0v) is 23.5. The average Bonchev–Trinajstić information content (AvgIpc) is 2.93. The predicted octanol–water partition coefficient (Wildman–Crippen LogP) is 6.40. The summed E-state index contributed by atoms with van der Waals surface area (Å²) in [5.74, 6) is -1.36. The van der Waals surface area contributed by atoms with E-state index < -0.39 is 24.4 Å². The SMILES string of the molecule is CCOc1cc(/C=C(/C#N)C(=O)Nc2ccc(C(=O)OC)cc2)cc(Cl)c1OCC(=O)Nc1ccc(Cl)c(Cl)c1. The molecule has 0 saturated carbocycles. The number of nitrogens with zero attached hydrogens (tertiary/aromatic N) is 1. The highest BCUT2D eigenvalue weighted by Gasteiger charge is 2.17. The van der Waals surface area contributed by atoms with Crippen LogP contribution in [0.1, 0.15) is 22.8 Å². The Labute approximate surface area is 245 Å². The molecule has 40 heavy (non-hydrogen) atoms. The molecule has 3 aromatic carbocycles. The summed E-state index contributed by atoms with van der Waals surface area (Å²) >= 11 is 18.3. The summed E-state index contributed by atoms with van der Waals surface area (Å²) in [7, 11) is 1.26. The number of carbonyl (C=O) groups excluding carboxylic acids is 3. The van der Waals surface area contributed by atoms with Gasteiger partial charge in [-0.15, -0.1) is 0 Å². The molecule has 0 aliphatic carbocycles. The molecular weight excluding hydrogens is 581 g/mol. The summed E-state index contributed by atoms with van der Waals surface area (Å²) in [6.07, 6.45) is 1.33. The number of carbonyl (C=O) groups is 3. The van der Waals surface area contributed by atoms with E-state index >= 15 is 0 Å². The molecule has 0 atom stereocenters. The monoisotopic (exact) mass is 601 g/mol. The largest absolute Gasteiger partial charge is 0.490 e. The number of esters is 1. The van der Waals surface area contributed by atoms with Gasteiger partial charge in [-0.25, -0.2) is 4.79 Å². The fourth-order valence-corrected chi connectivity index (χ4v) is 3.88. The maximum absolute atomic E-state index is 12.7. The number of nitrogens with one attached hydrogen (secondary N) is 2. The van der Waals surface area contributed by atoms with E-state index in [4.69, 9.17) is 44.3 Å². The van der Waals surface area contributed by atoms with E-state index in [0.29, 0.717) is 27.5 Å². The summed E-state index contributed by atoms with van der Waals surface area (Å²) in [4.78, 5) is 36.7. The van der Waals surface area contributed by atoms with Crippen molar-refractivity contribution in [3.8, 4) is 17.6 Å². The fourth-order valence-electron chi connectivity index (χ4n) is 3.30. The van der Waals surface area contributed by atoms with Crippen LogP contribution >= 0.6 is 34.8 Å². The summed E-state index contributed by atoms with van der Waals surface area (Å²) in [6, 6.07) is 15.5. The Balaban J connectivity index is 1.75. The molecule has 0 radical (unpaired) electrons. The Morgan fingerprint density at radius 3 is 2.23 bits per heavy atom. The molecule has 9 nitrogen and oxygen atoms in total. The van der Waals surface area contributed by atoms with E-state index in [0.717, 1.165) is 0 Å². The van der Waals surface area contributed by atoms with Gasteiger partial charge < -0.3 is 24.8 Å². The number of rotatable bonds is 10. The highest BCUT2D eigenvalue weighted by Crippen LogP contribution is 2.37. The van der Waals surface area contributed by atoms with Crippen LogP contribution in [0.15, 0.2) is 60.2 Å². The van der Waals surface area contributed by atoms with Gasteiger partial charge in [-0.1, -0.05) is 34.8 Å². The molecule has 2 N–H and O–H groups in total. The normalized spacial score (nSPS) is 10.8. The van der Waals surface area contributed by atoms with Crippen LogP contribution in [0.25, 0.3) is 6.08 Å². The lowest BCUT2D eigenvalue weighted by Crippen LogP contribution is -2.20. The van der Waals surface area contributed by atoms with E-state index in [-0.39, 0.29) is 33.7 Å². The number of ether oxygens (including phenoxy) is 3. The highest BCUT2D eigenvalue weighted by atomic mass is 35.5. The van der Waals surface area contributed by atoms with Crippen LogP contribution in [0.2, 0.25) is 15.1 Å². The van der Waals surface area contributed by atoms with Crippen molar-refractivity contribution in [3.63, 3.8) is 0 Å². The van der Waals surface area contributed by atoms with Gasteiger partial charge in [0, 0.05) is 11.4 Å². The Morgan fingerprint density at radius 2 is 1.60 bits per heavy atom. The van der Waals surface area contributed by atoms with Gasteiger partial charge in [-0.05, 0) is 73.2 Å². The molecule has 0 bridgehead atoms. The van der Waals surface area contributed by atoms with E-state index in [9.17, 15) is 19.6 Å². The first-order valence-corrected chi connectivity index (χ1v) is 12.7. The summed E-state index contributed by atoms with van der Waals surface area (Å²) < 4.78 is 15.9. The minimum absolute atomic E-state index is 0.0932. The van der Waals surface area contributed by atoms with Crippen molar-refractivity contribution in [3.05, 3.63) is 86.4 Å². The second-order valence-electron chi connectivity index (χ2n) is 7.92. The molecule has 0 aliphatic rings. The van der Waals surface area contributed by atoms with Crippen LogP contribution in [-0.4, -0.2) is 38.1 Å². The summed E-state index contributed by atoms with van der Waals surface area (Å²) in [5, 5.41) is 15.5. The molecule has 0 spiro atoms. The smallest absolute Gasteiger partial charge is 0.337 e. The van der Waals surface area contributed by atoms with Gasteiger partial charge in [0.05, 0.1) is 34.3 Å². The molecule has 12 heteroatoms. The standard InChI is InChI=1S/C28H22Cl3N3O6/c1-3-39-24-12-16(10-18(14-32)27(36)34-19-6-4-17(5-7-19)28(37)38-2)11-23(31)26(24)40-15-25(35)33-20-8-9-21(29)22(30)13-20/h4-13H,3,15H2,1-2H3,(H,33,35)(H,34,36)/b18-10-. The van der Waals surface area contributed by atoms with Gasteiger partial charge in [-0.3, -0.25) is 9.59 Å². The number of hydrogen-bond acceptors (Lipinski definition) is 7. The number of amides is 2. The third-order valence-electron chi connectivity index (χ3n) is 5.12. The predicted molar refractivity (Wildman–Crippen MR) is 153 cm³/mol. The van der Waals surface area contributed by atoms with Crippen molar-refractivity contribution in [1.29, 1.82) is 5.26 Å². The van der Waals surface area contributed by atoms with Crippen molar-refractivity contribution in [2.24, 2.45) is 0 Å². The second-order valence-corrected chi connectivity index (χ2v) is 9.14. The van der Waals surface area contributed by atoms with E-state index in [1.807, 2.05) is 6.07 Å². The first-order chi connectivity index (χ1) is 19.1. The van der Waals surface area contributed by atoms with Gasteiger partial charge in [-0.2, -0.15) is 5.26 Å². The van der Waals surface area contributed by atoms with E-state index in [2.05, 4.69) is 15.4 Å². The van der Waals surface area contributed by atoms with Gasteiger partial charge in [0.1, 0.15) is 11.6 Å². The average molecular weight is 603 g/mol. The lowest BCUT2D eigenvalue weighted by atomic mass is 10.1. The molecular formula is C28H22Cl3N3O6. The third-order valence-corrected chi connectivity index (χ3v) is 6.14. The molecule has 206 valence electrons. The Kier molecular flexibility index (Phi) is 10.8. The lowest BCUT2D eigenvalue weighted by molar-refractivity contribution is -0.118. The first-order valence-electron chi connectivity index (χ1n) is 11.6. The summed E-state index contributed by atoms with van der Waals surface area (Å²) in [6.45, 7) is 1.61. The maximum Gasteiger partial charge on any atom is 0.337 e. The number of nitriles is 1. The van der Waals surface area contributed by atoms with Crippen molar-refractivity contribution in [2.45, 2.75) is 6.92 Å². The minimum atomic E-state index is -0.679. The molecule has 0 fully saturated rings. The highest BCUT2D eigenvalue weighted by molar-refractivity contribution is 6.42. The molecule has 3 aromatic rings. The molecule has 0 unspecified atom stereocenters. The van der Waals surface area contributed by atoms with Gasteiger partial charge in [0.2, 0.25) is 0 Å². The topological polar surface area (TPSA) is 127 Å². The Morgan fingerprint density at radius 1 is 0.900 bits per heavy atom. The summed E-state index contributed by atoms with van der Waals surface area (Å²) in [5.41, 5.74) is 1.28. The Hall–Kier alpha value is -4.23. The Bertz CT molecular complexity index is 1500. The van der Waals surface area contributed by atoms with Crippen LogP contribution in [0.3, 0.4) is 0 Å². The first kappa shape index (κ1) is 30.3. The number of methoxy groups -OCH3 is 1. The molecule has 0 aromatic heterocycles. The maximum atomic E-state index is 12.7. The molecule has 0 aliphatic heterocycles. The fraction of sp³-hybridized carbons (Fsp3) is 0.143. The van der Waals surface area contributed by atoms with Crippen LogP contribution in [0.4, 0.5) is 11.4 Å². The molecule has 0 saturated heterocycles. The number of anilines is 2. The van der Waals surface area contributed by atoms with Crippen LogP contribution in [-0.2, 0) is 14.3 Å². The zero-order valence-electron chi connectivity index (χ0n) is 21.2. The van der Waals surface area contributed by atoms with Crippen molar-refractivity contribution < 1.29 is 28.6 Å². The minimum Gasteiger partial charge on any atom is -0.490 e.